The highest BCUT2D eigenvalue weighted by molar-refractivity contribution is 6.10. The lowest BCUT2D eigenvalue weighted by molar-refractivity contribution is 0.0863. The minimum absolute atomic E-state index is 0.113. The number of aromatic nitrogens is 1. The first-order valence-corrected chi connectivity index (χ1v) is 8.82. The van der Waals surface area contributed by atoms with Crippen LogP contribution in [-0.2, 0) is 6.54 Å². The van der Waals surface area contributed by atoms with E-state index in [-0.39, 0.29) is 11.8 Å². The maximum absolute atomic E-state index is 13.0. The number of nitrogens with one attached hydrogen (secondary N) is 1. The molecule has 4 rings (SSSR count). The topological polar surface area (TPSA) is 54.6 Å². The number of benzene rings is 2. The molecule has 1 unspecified atom stereocenters. The zero-order valence-electron chi connectivity index (χ0n) is 15.0. The Morgan fingerprint density at radius 1 is 1.15 bits per heavy atom. The number of ketones is 1. The number of carbonyl (C=O) groups is 1. The Balaban J connectivity index is 1.50. The van der Waals surface area contributed by atoms with E-state index in [1.807, 2.05) is 56.4 Å². The van der Waals surface area contributed by atoms with E-state index < -0.39 is 0 Å². The summed E-state index contributed by atoms with van der Waals surface area (Å²) in [4.78, 5) is 18.2. The fourth-order valence-corrected chi connectivity index (χ4v) is 3.31. The summed E-state index contributed by atoms with van der Waals surface area (Å²) in [6, 6.07) is 13.6. The molecule has 1 aliphatic heterocycles. The van der Waals surface area contributed by atoms with Crippen LogP contribution in [0.4, 0.5) is 0 Å². The van der Waals surface area contributed by atoms with Gasteiger partial charge in [-0.1, -0.05) is 24.3 Å². The van der Waals surface area contributed by atoms with E-state index in [0.717, 1.165) is 33.5 Å². The van der Waals surface area contributed by atoms with Crippen LogP contribution in [-0.4, -0.2) is 42.0 Å². The lowest BCUT2D eigenvalue weighted by Crippen LogP contribution is -2.35. The number of rotatable bonds is 5. The van der Waals surface area contributed by atoms with Gasteiger partial charge in [0.2, 0.25) is 0 Å². The maximum atomic E-state index is 13.0. The summed E-state index contributed by atoms with van der Waals surface area (Å²) in [5.41, 5.74) is 2.81. The van der Waals surface area contributed by atoms with Gasteiger partial charge in [-0.05, 0) is 37.7 Å². The van der Waals surface area contributed by atoms with E-state index in [0.29, 0.717) is 19.8 Å². The predicted molar refractivity (Wildman–Crippen MR) is 101 cm³/mol. The van der Waals surface area contributed by atoms with Crippen LogP contribution in [0.25, 0.3) is 10.9 Å². The summed E-state index contributed by atoms with van der Waals surface area (Å²) in [5, 5.41) is 0.970. The fourth-order valence-electron chi connectivity index (χ4n) is 3.31. The van der Waals surface area contributed by atoms with Gasteiger partial charge in [-0.15, -0.1) is 0 Å². The molecule has 0 spiro atoms. The standard InChI is InChI=1S/C21H22N2O3/c1-14(21(24)17-12-22-18-6-4-3-5-16(17)18)23(2)13-15-7-8-19-20(11-15)26-10-9-25-19/h3-8,11-12,14,22H,9-10,13H2,1-2H3. The third kappa shape index (κ3) is 3.06. The van der Waals surface area contributed by atoms with Crippen LogP contribution in [0.15, 0.2) is 48.7 Å². The summed E-state index contributed by atoms with van der Waals surface area (Å²) in [6.07, 6.45) is 1.81. The van der Waals surface area contributed by atoms with Crippen molar-refractivity contribution in [1.29, 1.82) is 0 Å². The van der Waals surface area contributed by atoms with Crippen molar-refractivity contribution in [3.8, 4) is 11.5 Å². The number of likely N-dealkylation sites (N-methyl/N-ethyl adjacent to an activating group) is 1. The predicted octanol–water partition coefficient (Wildman–Crippen LogP) is 3.64. The highest BCUT2D eigenvalue weighted by Crippen LogP contribution is 2.31. The van der Waals surface area contributed by atoms with E-state index in [4.69, 9.17) is 9.47 Å². The van der Waals surface area contributed by atoms with Crippen molar-refractivity contribution in [3.05, 3.63) is 59.8 Å². The van der Waals surface area contributed by atoms with Crippen molar-refractivity contribution in [2.45, 2.75) is 19.5 Å². The van der Waals surface area contributed by atoms with Gasteiger partial charge in [0.25, 0.3) is 0 Å². The Hall–Kier alpha value is -2.79. The largest absolute Gasteiger partial charge is 0.486 e. The number of ether oxygens (including phenoxy) is 2. The smallest absolute Gasteiger partial charge is 0.181 e. The molecule has 1 atom stereocenters. The van der Waals surface area contributed by atoms with Gasteiger partial charge < -0.3 is 14.5 Å². The Morgan fingerprint density at radius 2 is 1.92 bits per heavy atom. The Bertz CT molecular complexity index is 947. The van der Waals surface area contributed by atoms with Gasteiger partial charge in [0, 0.05) is 29.2 Å². The van der Waals surface area contributed by atoms with Crippen LogP contribution in [0, 0.1) is 0 Å². The lowest BCUT2D eigenvalue weighted by Gasteiger charge is -2.25. The van der Waals surface area contributed by atoms with E-state index in [9.17, 15) is 4.79 Å². The van der Waals surface area contributed by atoms with E-state index in [1.165, 1.54) is 0 Å². The van der Waals surface area contributed by atoms with Gasteiger partial charge in [0.05, 0.1) is 6.04 Å². The molecule has 3 aromatic rings. The van der Waals surface area contributed by atoms with Crippen LogP contribution >= 0.6 is 0 Å². The third-order valence-electron chi connectivity index (χ3n) is 4.93. The van der Waals surface area contributed by atoms with Gasteiger partial charge in [-0.25, -0.2) is 0 Å². The average molecular weight is 350 g/mol. The summed E-state index contributed by atoms with van der Waals surface area (Å²) in [5.74, 6) is 1.67. The SMILES string of the molecule is CC(C(=O)c1c[nH]c2ccccc12)N(C)Cc1ccc2c(c1)OCCO2. The Kier molecular flexibility index (Phi) is 4.39. The van der Waals surface area contributed by atoms with Crippen LogP contribution in [0.1, 0.15) is 22.8 Å². The van der Waals surface area contributed by atoms with Crippen molar-refractivity contribution in [1.82, 2.24) is 9.88 Å². The van der Waals surface area contributed by atoms with Crippen molar-refractivity contribution in [2.24, 2.45) is 0 Å². The summed E-state index contributed by atoms with van der Waals surface area (Å²) in [6.45, 7) is 3.76. The maximum Gasteiger partial charge on any atom is 0.181 e. The lowest BCUT2D eigenvalue weighted by atomic mass is 10.0. The molecule has 1 aliphatic rings. The molecule has 2 heterocycles. The molecule has 5 heteroatoms. The Labute approximate surface area is 152 Å². The zero-order valence-corrected chi connectivity index (χ0v) is 15.0. The first-order chi connectivity index (χ1) is 12.6. The number of fused-ring (bicyclic) bond motifs is 2. The fraction of sp³-hybridized carbons (Fsp3) is 0.286. The van der Waals surface area contributed by atoms with Gasteiger partial charge in [-0.2, -0.15) is 0 Å². The van der Waals surface area contributed by atoms with E-state index in [2.05, 4.69) is 9.88 Å². The molecule has 1 N–H and O–H groups in total. The van der Waals surface area contributed by atoms with Crippen molar-refractivity contribution in [3.63, 3.8) is 0 Å². The number of aromatic amines is 1. The Morgan fingerprint density at radius 3 is 2.77 bits per heavy atom. The molecule has 0 amide bonds. The molecule has 0 aliphatic carbocycles. The molecule has 134 valence electrons. The normalized spacial score (nSPS) is 14.6. The number of Topliss-reactive ketones (excluding diaryl/α,β-unsaturated/α-hetero) is 1. The molecule has 0 bridgehead atoms. The quantitative estimate of drug-likeness (QED) is 0.714. The highest BCUT2D eigenvalue weighted by atomic mass is 16.6. The minimum Gasteiger partial charge on any atom is -0.486 e. The van der Waals surface area contributed by atoms with E-state index >= 15 is 0 Å². The third-order valence-corrected chi connectivity index (χ3v) is 4.93. The summed E-state index contributed by atoms with van der Waals surface area (Å²) in [7, 11) is 1.97. The first-order valence-electron chi connectivity index (χ1n) is 8.82. The molecule has 5 nitrogen and oxygen atoms in total. The monoisotopic (exact) mass is 350 g/mol. The van der Waals surface area contributed by atoms with Crippen LogP contribution < -0.4 is 9.47 Å². The number of carbonyl (C=O) groups excluding carboxylic acids is 1. The molecule has 26 heavy (non-hydrogen) atoms. The van der Waals surface area contributed by atoms with Crippen LogP contribution in [0.5, 0.6) is 11.5 Å². The molecular weight excluding hydrogens is 328 g/mol. The molecule has 0 saturated carbocycles. The number of nitrogens with zero attached hydrogens (tertiary/aromatic N) is 1. The highest BCUT2D eigenvalue weighted by Gasteiger charge is 2.23. The van der Waals surface area contributed by atoms with E-state index in [1.54, 1.807) is 6.20 Å². The van der Waals surface area contributed by atoms with Gasteiger partial charge in [0.15, 0.2) is 17.3 Å². The second-order valence-corrected chi connectivity index (χ2v) is 6.68. The number of para-hydroxylation sites is 1. The van der Waals surface area contributed by atoms with Gasteiger partial charge in [-0.3, -0.25) is 9.69 Å². The number of hydrogen-bond acceptors (Lipinski definition) is 4. The molecule has 1 aromatic heterocycles. The van der Waals surface area contributed by atoms with Gasteiger partial charge >= 0.3 is 0 Å². The van der Waals surface area contributed by atoms with Crippen LogP contribution in [0.3, 0.4) is 0 Å². The second kappa shape index (κ2) is 6.84. The average Bonchev–Trinajstić information content (AvgIpc) is 3.11. The molecule has 0 fully saturated rings. The molecule has 2 aromatic carbocycles. The second-order valence-electron chi connectivity index (χ2n) is 6.68. The minimum atomic E-state index is -0.234. The van der Waals surface area contributed by atoms with Crippen molar-refractivity contribution in [2.75, 3.05) is 20.3 Å². The number of H-pyrrole nitrogens is 1. The van der Waals surface area contributed by atoms with Crippen molar-refractivity contribution < 1.29 is 14.3 Å². The molecule has 0 saturated heterocycles. The summed E-state index contributed by atoms with van der Waals surface area (Å²) < 4.78 is 11.2. The molecule has 0 radical (unpaired) electrons. The summed E-state index contributed by atoms with van der Waals surface area (Å²) >= 11 is 0. The number of hydrogen-bond donors (Lipinski definition) is 1. The van der Waals surface area contributed by atoms with Crippen molar-refractivity contribution >= 4 is 16.7 Å². The molecular formula is C21H22N2O3. The zero-order chi connectivity index (χ0) is 18.1. The first kappa shape index (κ1) is 16.7. The van der Waals surface area contributed by atoms with Crippen LogP contribution in [0.2, 0.25) is 0 Å². The van der Waals surface area contributed by atoms with Gasteiger partial charge in [0.1, 0.15) is 13.2 Å².